The van der Waals surface area contributed by atoms with Crippen molar-refractivity contribution in [3.05, 3.63) is 59.0 Å². The van der Waals surface area contributed by atoms with Crippen LogP contribution in [0, 0.1) is 5.82 Å². The summed E-state index contributed by atoms with van der Waals surface area (Å²) in [6, 6.07) is 8.97. The van der Waals surface area contributed by atoms with Gasteiger partial charge in [0.05, 0.1) is 17.1 Å². The van der Waals surface area contributed by atoms with Crippen molar-refractivity contribution in [3.63, 3.8) is 0 Å². The predicted molar refractivity (Wildman–Crippen MR) is 145 cm³/mol. The van der Waals surface area contributed by atoms with Gasteiger partial charge in [-0.25, -0.2) is 19.2 Å². The Labute approximate surface area is 222 Å². The van der Waals surface area contributed by atoms with Crippen molar-refractivity contribution < 1.29 is 9.13 Å². The van der Waals surface area contributed by atoms with Gasteiger partial charge in [0.1, 0.15) is 5.82 Å². The summed E-state index contributed by atoms with van der Waals surface area (Å²) in [6.45, 7) is 3.76. The van der Waals surface area contributed by atoms with E-state index in [0.717, 1.165) is 25.7 Å². The molecule has 9 heteroatoms. The molecule has 202 valence electrons. The number of likely N-dealkylation sites (tertiary alicyclic amines) is 1. The number of aromatic nitrogens is 4. The zero-order valence-electron chi connectivity index (χ0n) is 21.9. The van der Waals surface area contributed by atoms with E-state index < -0.39 is 0 Å². The SMILES string of the molecule is O=c1n(C2CCOCC2)cc(-c2ccnc(NC3CCC(N4CCCCC4)CC3)n2)n1-c1ccc(F)cc1. The van der Waals surface area contributed by atoms with Gasteiger partial charge in [-0.15, -0.1) is 0 Å². The van der Waals surface area contributed by atoms with Crippen LogP contribution in [-0.2, 0) is 4.74 Å². The standard InChI is InChI=1S/C29H37FN6O2/c30-21-4-8-25(9-5-21)36-27(20-35(29(36)37)24-13-18-38-19-14-24)26-12-15-31-28(33-26)32-22-6-10-23(11-7-22)34-16-2-1-3-17-34/h4-5,8-9,12,15,20,22-24H,1-3,6-7,10-11,13-14,16-19H2,(H,31,32,33). The molecule has 1 aliphatic carbocycles. The summed E-state index contributed by atoms with van der Waals surface area (Å²) in [7, 11) is 0. The molecule has 8 nitrogen and oxygen atoms in total. The molecule has 4 heterocycles. The molecule has 1 saturated carbocycles. The molecule has 0 amide bonds. The van der Waals surface area contributed by atoms with E-state index in [9.17, 15) is 9.18 Å². The Morgan fingerprint density at radius 1 is 0.895 bits per heavy atom. The van der Waals surface area contributed by atoms with E-state index in [1.807, 2.05) is 12.3 Å². The van der Waals surface area contributed by atoms with Crippen LogP contribution in [0.15, 0.2) is 47.5 Å². The van der Waals surface area contributed by atoms with Gasteiger partial charge in [-0.2, -0.15) is 0 Å². The maximum atomic E-state index is 13.7. The third-order valence-electron chi connectivity index (χ3n) is 8.44. The molecule has 0 spiro atoms. The first-order valence-corrected chi connectivity index (χ1v) is 14.2. The van der Waals surface area contributed by atoms with Crippen molar-refractivity contribution in [1.82, 2.24) is 24.0 Å². The highest BCUT2D eigenvalue weighted by Gasteiger charge is 2.27. The lowest BCUT2D eigenvalue weighted by atomic mass is 9.89. The van der Waals surface area contributed by atoms with Gasteiger partial charge in [0.15, 0.2) is 0 Å². The van der Waals surface area contributed by atoms with E-state index in [4.69, 9.17) is 9.72 Å². The number of nitrogens with one attached hydrogen (secondary N) is 1. The van der Waals surface area contributed by atoms with Gasteiger partial charge in [-0.1, -0.05) is 6.42 Å². The maximum Gasteiger partial charge on any atom is 0.333 e. The van der Waals surface area contributed by atoms with Gasteiger partial charge in [0, 0.05) is 43.7 Å². The Balaban J connectivity index is 1.24. The summed E-state index contributed by atoms with van der Waals surface area (Å²) in [4.78, 5) is 25.7. The van der Waals surface area contributed by atoms with E-state index >= 15 is 0 Å². The van der Waals surface area contributed by atoms with Crippen molar-refractivity contribution in [2.24, 2.45) is 0 Å². The summed E-state index contributed by atoms with van der Waals surface area (Å²) in [6.07, 6.45) is 13.8. The monoisotopic (exact) mass is 520 g/mol. The number of ether oxygens (including phenoxy) is 1. The second kappa shape index (κ2) is 11.4. The van der Waals surface area contributed by atoms with Crippen LogP contribution in [0.25, 0.3) is 17.1 Å². The van der Waals surface area contributed by atoms with Crippen molar-refractivity contribution in [1.29, 1.82) is 0 Å². The number of anilines is 1. The van der Waals surface area contributed by atoms with Gasteiger partial charge in [0.25, 0.3) is 0 Å². The number of rotatable bonds is 6. The number of imidazole rings is 1. The summed E-state index contributed by atoms with van der Waals surface area (Å²) in [5, 5.41) is 3.56. The van der Waals surface area contributed by atoms with E-state index in [1.165, 1.54) is 57.3 Å². The van der Waals surface area contributed by atoms with Crippen LogP contribution in [0.4, 0.5) is 10.3 Å². The van der Waals surface area contributed by atoms with Crippen molar-refractivity contribution >= 4 is 5.95 Å². The first-order valence-electron chi connectivity index (χ1n) is 14.2. The second-order valence-corrected chi connectivity index (χ2v) is 10.9. The number of hydrogen-bond acceptors (Lipinski definition) is 6. The van der Waals surface area contributed by atoms with Gasteiger partial charge in [0.2, 0.25) is 5.95 Å². The number of benzene rings is 1. The highest BCUT2D eigenvalue weighted by Crippen LogP contribution is 2.29. The minimum atomic E-state index is -0.337. The van der Waals surface area contributed by atoms with Crippen LogP contribution in [0.5, 0.6) is 0 Å². The van der Waals surface area contributed by atoms with Crippen LogP contribution < -0.4 is 11.0 Å². The average Bonchev–Trinajstić information content (AvgIpc) is 3.32. The molecule has 38 heavy (non-hydrogen) atoms. The molecule has 0 atom stereocenters. The molecule has 1 N–H and O–H groups in total. The van der Waals surface area contributed by atoms with E-state index in [-0.39, 0.29) is 17.5 Å². The van der Waals surface area contributed by atoms with E-state index in [0.29, 0.717) is 48.3 Å². The van der Waals surface area contributed by atoms with Crippen molar-refractivity contribution in [2.45, 2.75) is 75.9 Å². The fraction of sp³-hybridized carbons (Fsp3) is 0.552. The van der Waals surface area contributed by atoms with Crippen LogP contribution in [0.1, 0.15) is 63.8 Å². The summed E-state index contributed by atoms with van der Waals surface area (Å²) < 4.78 is 22.6. The van der Waals surface area contributed by atoms with Crippen molar-refractivity contribution in [2.75, 3.05) is 31.6 Å². The molecule has 1 aromatic carbocycles. The average molecular weight is 521 g/mol. The molecule has 0 unspecified atom stereocenters. The molecule has 3 fully saturated rings. The number of piperidine rings is 1. The van der Waals surface area contributed by atoms with Crippen molar-refractivity contribution in [3.8, 4) is 17.1 Å². The molecule has 6 rings (SSSR count). The van der Waals surface area contributed by atoms with Crippen LogP contribution in [-0.4, -0.2) is 62.4 Å². The second-order valence-electron chi connectivity index (χ2n) is 10.9. The zero-order chi connectivity index (χ0) is 25.9. The number of nitrogens with zero attached hydrogens (tertiary/aromatic N) is 5. The molecule has 2 aliphatic heterocycles. The van der Waals surface area contributed by atoms with Gasteiger partial charge in [-0.05, 0) is 94.8 Å². The van der Waals surface area contributed by atoms with Gasteiger partial charge < -0.3 is 15.0 Å². The zero-order valence-corrected chi connectivity index (χ0v) is 21.9. The lowest BCUT2D eigenvalue weighted by molar-refractivity contribution is 0.0686. The third-order valence-corrected chi connectivity index (χ3v) is 8.44. The predicted octanol–water partition coefficient (Wildman–Crippen LogP) is 4.80. The lowest BCUT2D eigenvalue weighted by Gasteiger charge is -2.39. The van der Waals surface area contributed by atoms with E-state index in [1.54, 1.807) is 27.5 Å². The molecule has 2 aromatic heterocycles. The van der Waals surface area contributed by atoms with Crippen LogP contribution in [0.3, 0.4) is 0 Å². The van der Waals surface area contributed by atoms with Gasteiger partial charge >= 0.3 is 5.69 Å². The topological polar surface area (TPSA) is 77.2 Å². The number of hydrogen-bond donors (Lipinski definition) is 1. The first kappa shape index (κ1) is 25.2. The quantitative estimate of drug-likeness (QED) is 0.503. The Kier molecular flexibility index (Phi) is 7.56. The Morgan fingerprint density at radius 3 is 2.37 bits per heavy atom. The maximum absolute atomic E-state index is 13.7. The third kappa shape index (κ3) is 5.40. The number of halogens is 1. The highest BCUT2D eigenvalue weighted by molar-refractivity contribution is 5.59. The molecule has 2 saturated heterocycles. The molecule has 3 aliphatic rings. The smallest absolute Gasteiger partial charge is 0.333 e. The summed E-state index contributed by atoms with van der Waals surface area (Å²) >= 11 is 0. The minimum Gasteiger partial charge on any atom is -0.381 e. The fourth-order valence-corrected chi connectivity index (χ4v) is 6.33. The Morgan fingerprint density at radius 2 is 1.63 bits per heavy atom. The largest absolute Gasteiger partial charge is 0.381 e. The molecular weight excluding hydrogens is 483 g/mol. The Hall–Kier alpha value is -3.04. The molecule has 3 aromatic rings. The first-order chi connectivity index (χ1) is 18.7. The normalized spacial score (nSPS) is 23.4. The highest BCUT2D eigenvalue weighted by atomic mass is 19.1. The molecule has 0 bridgehead atoms. The van der Waals surface area contributed by atoms with E-state index in [2.05, 4.69) is 15.2 Å². The molecular formula is C29H37FN6O2. The Bertz CT molecular complexity index is 1270. The summed E-state index contributed by atoms with van der Waals surface area (Å²) in [5.41, 5.74) is 1.80. The lowest BCUT2D eigenvalue weighted by Crippen LogP contribution is -2.43. The fourth-order valence-electron chi connectivity index (χ4n) is 6.33. The molecule has 0 radical (unpaired) electrons. The van der Waals surface area contributed by atoms with Crippen LogP contribution in [0.2, 0.25) is 0 Å². The van der Waals surface area contributed by atoms with Crippen LogP contribution >= 0.6 is 0 Å². The summed E-state index contributed by atoms with van der Waals surface area (Å²) in [5.74, 6) is 0.247. The van der Waals surface area contributed by atoms with Gasteiger partial charge in [-0.3, -0.25) is 9.13 Å². The minimum absolute atomic E-state index is 0.0613.